The van der Waals surface area contributed by atoms with E-state index in [1.54, 1.807) is 24.4 Å². The molecule has 0 bridgehead atoms. The van der Waals surface area contributed by atoms with Crippen LogP contribution in [0.1, 0.15) is 26.2 Å². The number of rotatable bonds is 7. The molecule has 8 heteroatoms. The predicted molar refractivity (Wildman–Crippen MR) is 107 cm³/mol. The summed E-state index contributed by atoms with van der Waals surface area (Å²) >= 11 is 1.45. The summed E-state index contributed by atoms with van der Waals surface area (Å²) in [5.74, 6) is 0.835. The number of halogens is 1. The van der Waals surface area contributed by atoms with Gasteiger partial charge in [0.25, 0.3) is 0 Å². The number of nitrogens with zero attached hydrogens (tertiary/aromatic N) is 2. The number of anilines is 2. The van der Waals surface area contributed by atoms with Crippen LogP contribution in [0.3, 0.4) is 0 Å². The van der Waals surface area contributed by atoms with Crippen LogP contribution in [0.2, 0.25) is 0 Å². The van der Waals surface area contributed by atoms with Crippen LogP contribution in [0, 0.1) is 11.9 Å². The summed E-state index contributed by atoms with van der Waals surface area (Å²) in [4.78, 5) is 23.7. The molecule has 0 aliphatic heterocycles. The first-order valence-electron chi connectivity index (χ1n) is 8.99. The Labute approximate surface area is 160 Å². The highest BCUT2D eigenvalue weighted by atomic mass is 32.2. The number of H-pyrrole nitrogens is 1. The van der Waals surface area contributed by atoms with Crippen molar-refractivity contribution in [2.75, 3.05) is 15.8 Å². The number of carbonyl (C=O) groups excluding carboxylic acids is 1. The minimum atomic E-state index is -0.555. The smallest absolute Gasteiger partial charge is 0.237 e. The first-order chi connectivity index (χ1) is 13.2. The molecule has 3 aromatic heterocycles. The van der Waals surface area contributed by atoms with Gasteiger partial charge in [0.05, 0.1) is 11.4 Å². The lowest BCUT2D eigenvalue weighted by atomic mass is 10.1. The monoisotopic (exact) mass is 385 g/mol. The van der Waals surface area contributed by atoms with Crippen molar-refractivity contribution >= 4 is 40.4 Å². The van der Waals surface area contributed by atoms with Crippen molar-refractivity contribution in [3.63, 3.8) is 0 Å². The quantitative estimate of drug-likeness (QED) is 0.315. The largest absolute Gasteiger partial charge is 0.346 e. The van der Waals surface area contributed by atoms with Gasteiger partial charge in [-0.1, -0.05) is 18.9 Å². The van der Waals surface area contributed by atoms with E-state index in [9.17, 15) is 9.18 Å². The number of nitrogens with one attached hydrogen (secondary N) is 3. The fraction of sp³-hybridized carbons (Fsp3) is 0.316. The van der Waals surface area contributed by atoms with E-state index in [1.165, 1.54) is 11.9 Å². The minimum absolute atomic E-state index is 0.0222. The van der Waals surface area contributed by atoms with Crippen LogP contribution in [-0.4, -0.2) is 26.6 Å². The lowest BCUT2D eigenvalue weighted by molar-refractivity contribution is -0.117. The van der Waals surface area contributed by atoms with Crippen LogP contribution in [0.5, 0.6) is 0 Å². The summed E-state index contributed by atoms with van der Waals surface area (Å²) in [5, 5.41) is 3.68. The molecular weight excluding hydrogens is 365 g/mol. The number of hydrogen-bond acceptors (Lipinski definition) is 5. The molecule has 4 rings (SSSR count). The van der Waals surface area contributed by atoms with Crippen molar-refractivity contribution in [2.45, 2.75) is 26.2 Å². The SMILES string of the molecule is CCCSNc1ccc(-c2cc(NC(=O)C3CC3)nc3[nH]ccc23)nc1F. The van der Waals surface area contributed by atoms with Crippen molar-refractivity contribution in [1.82, 2.24) is 15.0 Å². The summed E-state index contributed by atoms with van der Waals surface area (Å²) in [6.07, 6.45) is 4.60. The topological polar surface area (TPSA) is 82.7 Å². The number of amides is 1. The number of aromatic nitrogens is 3. The molecule has 1 fully saturated rings. The van der Waals surface area contributed by atoms with Gasteiger partial charge in [0.15, 0.2) is 0 Å². The molecule has 0 spiro atoms. The first kappa shape index (κ1) is 17.8. The highest BCUT2D eigenvalue weighted by molar-refractivity contribution is 8.00. The van der Waals surface area contributed by atoms with Crippen molar-refractivity contribution in [3.8, 4) is 11.3 Å². The lowest BCUT2D eigenvalue weighted by Gasteiger charge is -2.10. The van der Waals surface area contributed by atoms with E-state index in [0.717, 1.165) is 36.0 Å². The predicted octanol–water partition coefficient (Wildman–Crippen LogP) is 4.58. The minimum Gasteiger partial charge on any atom is -0.346 e. The number of pyridine rings is 2. The van der Waals surface area contributed by atoms with E-state index in [2.05, 4.69) is 31.9 Å². The van der Waals surface area contributed by atoms with Crippen molar-refractivity contribution in [1.29, 1.82) is 0 Å². The molecule has 6 nitrogen and oxygen atoms in total. The normalized spacial score (nSPS) is 13.7. The number of aromatic amines is 1. The zero-order valence-electron chi connectivity index (χ0n) is 14.9. The van der Waals surface area contributed by atoms with Crippen LogP contribution >= 0.6 is 11.9 Å². The maximum absolute atomic E-state index is 14.4. The standard InChI is InChI=1S/C19H20FN5OS/c1-2-9-27-25-15-6-5-14(22-17(15)20)13-10-16(24-19(26)11-3-4-11)23-18-12(13)7-8-21-18/h5-8,10-11,25H,2-4,9H2,1H3,(H2,21,23,24,26). The number of carbonyl (C=O) groups is 1. The third kappa shape index (κ3) is 3.90. The van der Waals surface area contributed by atoms with E-state index < -0.39 is 5.95 Å². The highest BCUT2D eigenvalue weighted by Crippen LogP contribution is 2.33. The number of fused-ring (bicyclic) bond motifs is 1. The fourth-order valence-corrected chi connectivity index (χ4v) is 3.39. The molecule has 0 saturated heterocycles. The molecule has 1 amide bonds. The second kappa shape index (κ2) is 7.56. The Balaban J connectivity index is 1.66. The van der Waals surface area contributed by atoms with Gasteiger partial charge in [-0.3, -0.25) is 4.79 Å². The molecule has 3 heterocycles. The Hall–Kier alpha value is -2.61. The van der Waals surface area contributed by atoms with Gasteiger partial charge in [-0.05, 0) is 43.5 Å². The van der Waals surface area contributed by atoms with E-state index in [4.69, 9.17) is 0 Å². The van der Waals surface area contributed by atoms with Gasteiger partial charge in [-0.2, -0.15) is 4.39 Å². The Morgan fingerprint density at radius 1 is 1.33 bits per heavy atom. The maximum Gasteiger partial charge on any atom is 0.237 e. The zero-order valence-corrected chi connectivity index (χ0v) is 15.7. The molecule has 0 radical (unpaired) electrons. The Bertz CT molecular complexity index is 985. The molecule has 140 valence electrons. The molecule has 3 aromatic rings. The summed E-state index contributed by atoms with van der Waals surface area (Å²) in [6.45, 7) is 2.07. The van der Waals surface area contributed by atoms with Crippen molar-refractivity contribution in [3.05, 3.63) is 36.4 Å². The molecule has 0 atom stereocenters. The van der Waals surface area contributed by atoms with Crippen LogP contribution in [0.4, 0.5) is 15.9 Å². The summed E-state index contributed by atoms with van der Waals surface area (Å²) in [7, 11) is 0. The summed E-state index contributed by atoms with van der Waals surface area (Å²) in [6, 6.07) is 7.07. The second-order valence-corrected chi connectivity index (χ2v) is 7.44. The van der Waals surface area contributed by atoms with Gasteiger partial charge >= 0.3 is 0 Å². The van der Waals surface area contributed by atoms with Crippen molar-refractivity contribution in [2.24, 2.45) is 5.92 Å². The Morgan fingerprint density at radius 3 is 2.93 bits per heavy atom. The van der Waals surface area contributed by atoms with Gasteiger partial charge in [-0.15, -0.1) is 0 Å². The molecular formula is C19H20FN5OS. The van der Waals surface area contributed by atoms with Crippen LogP contribution in [0.25, 0.3) is 22.3 Å². The lowest BCUT2D eigenvalue weighted by Crippen LogP contribution is -2.14. The van der Waals surface area contributed by atoms with Gasteiger partial charge in [0.2, 0.25) is 11.9 Å². The van der Waals surface area contributed by atoms with Gasteiger partial charge in [0, 0.05) is 28.8 Å². The average Bonchev–Trinajstić information content (AvgIpc) is 3.41. The molecule has 0 unspecified atom stereocenters. The van der Waals surface area contributed by atoms with Gasteiger partial charge in [-0.25, -0.2) is 9.97 Å². The maximum atomic E-state index is 14.4. The molecule has 1 saturated carbocycles. The molecule has 1 aliphatic carbocycles. The van der Waals surface area contributed by atoms with Crippen LogP contribution in [0.15, 0.2) is 30.5 Å². The zero-order chi connectivity index (χ0) is 18.8. The molecule has 27 heavy (non-hydrogen) atoms. The Morgan fingerprint density at radius 2 is 2.19 bits per heavy atom. The first-order valence-corrected chi connectivity index (χ1v) is 9.98. The third-order valence-electron chi connectivity index (χ3n) is 4.34. The van der Waals surface area contributed by atoms with E-state index in [0.29, 0.717) is 22.8 Å². The fourth-order valence-electron chi connectivity index (χ4n) is 2.78. The van der Waals surface area contributed by atoms with E-state index in [1.807, 2.05) is 6.07 Å². The van der Waals surface area contributed by atoms with Crippen LogP contribution in [-0.2, 0) is 4.79 Å². The Kier molecular flexibility index (Phi) is 4.98. The second-order valence-electron chi connectivity index (χ2n) is 6.54. The summed E-state index contributed by atoms with van der Waals surface area (Å²) in [5.41, 5.74) is 2.20. The van der Waals surface area contributed by atoms with Gasteiger partial charge < -0.3 is 15.0 Å². The third-order valence-corrected chi connectivity index (χ3v) is 5.32. The number of hydrogen-bond donors (Lipinski definition) is 3. The van der Waals surface area contributed by atoms with Crippen LogP contribution < -0.4 is 10.0 Å². The van der Waals surface area contributed by atoms with Gasteiger partial charge in [0.1, 0.15) is 11.5 Å². The van der Waals surface area contributed by atoms with E-state index in [-0.39, 0.29) is 11.8 Å². The van der Waals surface area contributed by atoms with E-state index >= 15 is 0 Å². The van der Waals surface area contributed by atoms with Crippen molar-refractivity contribution < 1.29 is 9.18 Å². The molecule has 3 N–H and O–H groups in total. The molecule has 0 aromatic carbocycles. The highest BCUT2D eigenvalue weighted by Gasteiger charge is 2.30. The average molecular weight is 385 g/mol. The summed E-state index contributed by atoms with van der Waals surface area (Å²) < 4.78 is 17.4. The molecule has 1 aliphatic rings.